The molecule has 1 aliphatic rings. The summed E-state index contributed by atoms with van der Waals surface area (Å²) in [4.78, 5) is 24.3. The molecule has 112 valence electrons. The van der Waals surface area contributed by atoms with E-state index in [-0.39, 0.29) is 5.91 Å². The van der Waals surface area contributed by atoms with Crippen LogP contribution in [0.4, 0.5) is 0 Å². The number of nitrogens with zero attached hydrogens (tertiary/aromatic N) is 4. The van der Waals surface area contributed by atoms with Crippen LogP contribution in [0, 0.1) is 6.92 Å². The molecule has 0 spiro atoms. The van der Waals surface area contributed by atoms with E-state index < -0.39 is 0 Å². The van der Waals surface area contributed by atoms with Gasteiger partial charge in [-0.05, 0) is 27.6 Å². The first-order valence-corrected chi connectivity index (χ1v) is 7.95. The quantitative estimate of drug-likeness (QED) is 0.839. The smallest absolute Gasteiger partial charge is 0.265 e. The van der Waals surface area contributed by atoms with Gasteiger partial charge in [0.2, 0.25) is 0 Å². The van der Waals surface area contributed by atoms with Crippen LogP contribution in [0.15, 0.2) is 0 Å². The SMILES string of the molecule is CCN1CCN(C(=O)c2sc(CN(C)C)nc2C)CC1. The van der Waals surface area contributed by atoms with Crippen molar-refractivity contribution in [3.05, 3.63) is 15.6 Å². The lowest BCUT2D eigenvalue weighted by atomic mass is 10.2. The van der Waals surface area contributed by atoms with E-state index in [1.54, 1.807) is 0 Å². The van der Waals surface area contributed by atoms with E-state index in [0.717, 1.165) is 54.8 Å². The maximum atomic E-state index is 12.6. The van der Waals surface area contributed by atoms with E-state index in [1.807, 2.05) is 25.9 Å². The second-order valence-corrected chi connectivity index (χ2v) is 6.57. The van der Waals surface area contributed by atoms with Crippen LogP contribution in [0.2, 0.25) is 0 Å². The van der Waals surface area contributed by atoms with Crippen LogP contribution in [-0.2, 0) is 6.54 Å². The number of hydrogen-bond donors (Lipinski definition) is 0. The lowest BCUT2D eigenvalue weighted by Gasteiger charge is -2.33. The van der Waals surface area contributed by atoms with E-state index >= 15 is 0 Å². The summed E-state index contributed by atoms with van der Waals surface area (Å²) in [7, 11) is 4.03. The molecule has 2 heterocycles. The molecule has 1 aromatic rings. The Morgan fingerprint density at radius 3 is 2.50 bits per heavy atom. The fourth-order valence-electron chi connectivity index (χ4n) is 2.40. The molecule has 0 N–H and O–H groups in total. The van der Waals surface area contributed by atoms with Gasteiger partial charge in [0, 0.05) is 32.7 Å². The van der Waals surface area contributed by atoms with Gasteiger partial charge < -0.3 is 14.7 Å². The van der Waals surface area contributed by atoms with Crippen LogP contribution in [0.1, 0.15) is 27.3 Å². The van der Waals surface area contributed by atoms with E-state index in [1.165, 1.54) is 11.3 Å². The summed E-state index contributed by atoms with van der Waals surface area (Å²) in [5.74, 6) is 0.153. The van der Waals surface area contributed by atoms with Crippen molar-refractivity contribution < 1.29 is 4.79 Å². The highest BCUT2D eigenvalue weighted by Crippen LogP contribution is 2.21. The topological polar surface area (TPSA) is 39.7 Å². The van der Waals surface area contributed by atoms with Crippen molar-refractivity contribution in [1.29, 1.82) is 0 Å². The van der Waals surface area contributed by atoms with Gasteiger partial charge in [-0.25, -0.2) is 4.98 Å². The molecule has 0 aliphatic carbocycles. The second kappa shape index (κ2) is 6.65. The molecule has 0 saturated carbocycles. The molecular weight excluding hydrogens is 272 g/mol. The number of likely N-dealkylation sites (N-methyl/N-ethyl adjacent to an activating group) is 1. The Hall–Kier alpha value is -0.980. The third-order valence-corrected chi connectivity index (χ3v) is 4.72. The molecule has 20 heavy (non-hydrogen) atoms. The van der Waals surface area contributed by atoms with Crippen LogP contribution >= 0.6 is 11.3 Å². The lowest BCUT2D eigenvalue weighted by molar-refractivity contribution is 0.0647. The average Bonchev–Trinajstić information content (AvgIpc) is 2.78. The number of carbonyl (C=O) groups is 1. The fourth-order valence-corrected chi connectivity index (χ4v) is 3.55. The number of hydrogen-bond acceptors (Lipinski definition) is 5. The minimum absolute atomic E-state index is 0.153. The van der Waals surface area contributed by atoms with Crippen LogP contribution < -0.4 is 0 Å². The van der Waals surface area contributed by atoms with Crippen molar-refractivity contribution in [2.75, 3.05) is 46.8 Å². The Bertz CT molecular complexity index is 464. The highest BCUT2D eigenvalue weighted by Gasteiger charge is 2.24. The van der Waals surface area contributed by atoms with Gasteiger partial charge in [0.25, 0.3) is 5.91 Å². The van der Waals surface area contributed by atoms with Gasteiger partial charge in [-0.2, -0.15) is 0 Å². The standard InChI is InChI=1S/C14H24N4OS/c1-5-17-6-8-18(9-7-17)14(19)13-11(2)15-12(20-13)10-16(3)4/h5-10H2,1-4H3. The monoisotopic (exact) mass is 296 g/mol. The number of aryl methyl sites for hydroxylation is 1. The highest BCUT2D eigenvalue weighted by molar-refractivity contribution is 7.13. The largest absolute Gasteiger partial charge is 0.335 e. The zero-order chi connectivity index (χ0) is 14.7. The summed E-state index contributed by atoms with van der Waals surface area (Å²) in [5, 5.41) is 1.02. The Balaban J connectivity index is 2.04. The average molecular weight is 296 g/mol. The molecule has 0 atom stereocenters. The second-order valence-electron chi connectivity index (χ2n) is 5.49. The summed E-state index contributed by atoms with van der Waals surface area (Å²) in [6.45, 7) is 9.57. The molecular formula is C14H24N4OS. The molecule has 5 nitrogen and oxygen atoms in total. The van der Waals surface area contributed by atoms with Crippen molar-refractivity contribution >= 4 is 17.2 Å². The summed E-state index contributed by atoms with van der Waals surface area (Å²) in [6, 6.07) is 0. The summed E-state index contributed by atoms with van der Waals surface area (Å²) in [6.07, 6.45) is 0. The van der Waals surface area contributed by atoms with Crippen molar-refractivity contribution in [1.82, 2.24) is 19.7 Å². The zero-order valence-corrected chi connectivity index (χ0v) is 13.7. The maximum Gasteiger partial charge on any atom is 0.265 e. The third-order valence-electron chi connectivity index (χ3n) is 3.59. The van der Waals surface area contributed by atoms with Crippen molar-refractivity contribution in [3.8, 4) is 0 Å². The van der Waals surface area contributed by atoms with Crippen LogP contribution in [0.25, 0.3) is 0 Å². The van der Waals surface area contributed by atoms with Gasteiger partial charge in [0.05, 0.1) is 5.69 Å². The summed E-state index contributed by atoms with van der Waals surface area (Å²) in [5.41, 5.74) is 0.870. The van der Waals surface area contributed by atoms with Crippen LogP contribution in [0.5, 0.6) is 0 Å². The van der Waals surface area contributed by atoms with E-state index in [9.17, 15) is 4.79 Å². The van der Waals surface area contributed by atoms with Gasteiger partial charge in [-0.3, -0.25) is 4.79 Å². The van der Waals surface area contributed by atoms with Crippen molar-refractivity contribution in [2.45, 2.75) is 20.4 Å². The van der Waals surface area contributed by atoms with E-state index in [0.29, 0.717) is 0 Å². The molecule has 1 aliphatic heterocycles. The number of amides is 1. The molecule has 1 fully saturated rings. The predicted molar refractivity (Wildman–Crippen MR) is 82.3 cm³/mol. The normalized spacial score (nSPS) is 16.9. The first-order valence-electron chi connectivity index (χ1n) is 7.14. The molecule has 0 unspecified atom stereocenters. The molecule has 1 amide bonds. The predicted octanol–water partition coefficient (Wildman–Crippen LogP) is 1.29. The van der Waals surface area contributed by atoms with Gasteiger partial charge in [0.15, 0.2) is 0 Å². The number of rotatable bonds is 4. The molecule has 1 saturated heterocycles. The number of piperazine rings is 1. The molecule has 0 radical (unpaired) electrons. The molecule has 1 aromatic heterocycles. The fraction of sp³-hybridized carbons (Fsp3) is 0.714. The Morgan fingerprint density at radius 2 is 1.95 bits per heavy atom. The lowest BCUT2D eigenvalue weighted by Crippen LogP contribution is -2.48. The number of carbonyl (C=O) groups excluding carboxylic acids is 1. The highest BCUT2D eigenvalue weighted by atomic mass is 32.1. The summed E-state index contributed by atoms with van der Waals surface area (Å²) < 4.78 is 0. The number of thiazole rings is 1. The minimum atomic E-state index is 0.153. The Morgan fingerprint density at radius 1 is 1.30 bits per heavy atom. The summed E-state index contributed by atoms with van der Waals surface area (Å²) >= 11 is 1.54. The Kier molecular flexibility index (Phi) is 5.12. The minimum Gasteiger partial charge on any atom is -0.335 e. The van der Waals surface area contributed by atoms with Crippen molar-refractivity contribution in [3.63, 3.8) is 0 Å². The molecule has 0 aromatic carbocycles. The maximum absolute atomic E-state index is 12.6. The Labute approximate surface area is 125 Å². The van der Waals surface area contributed by atoms with Gasteiger partial charge in [-0.1, -0.05) is 6.92 Å². The molecule has 2 rings (SSSR count). The van der Waals surface area contributed by atoms with Gasteiger partial charge >= 0.3 is 0 Å². The molecule has 6 heteroatoms. The molecule has 0 bridgehead atoms. The van der Waals surface area contributed by atoms with E-state index in [4.69, 9.17) is 0 Å². The van der Waals surface area contributed by atoms with E-state index in [2.05, 4.69) is 21.7 Å². The van der Waals surface area contributed by atoms with Crippen LogP contribution in [0.3, 0.4) is 0 Å². The van der Waals surface area contributed by atoms with Gasteiger partial charge in [-0.15, -0.1) is 11.3 Å². The van der Waals surface area contributed by atoms with Crippen LogP contribution in [-0.4, -0.2) is 72.4 Å². The zero-order valence-electron chi connectivity index (χ0n) is 12.8. The third kappa shape index (κ3) is 3.56. The number of aromatic nitrogens is 1. The first-order chi connectivity index (χ1) is 9.51. The van der Waals surface area contributed by atoms with Crippen molar-refractivity contribution in [2.24, 2.45) is 0 Å². The first kappa shape index (κ1) is 15.4. The van der Waals surface area contributed by atoms with Gasteiger partial charge in [0.1, 0.15) is 9.88 Å².